The van der Waals surface area contributed by atoms with Crippen molar-refractivity contribution >= 4 is 12.2 Å². The highest BCUT2D eigenvalue weighted by Crippen LogP contribution is 2.24. The summed E-state index contributed by atoms with van der Waals surface area (Å²) in [5.74, 6) is 0.291. The Balaban J connectivity index is 2.51. The summed E-state index contributed by atoms with van der Waals surface area (Å²) in [7, 11) is 0. The van der Waals surface area contributed by atoms with Crippen LogP contribution >= 0.6 is 12.2 Å². The first kappa shape index (κ1) is 9.61. The van der Waals surface area contributed by atoms with Crippen molar-refractivity contribution in [3.05, 3.63) is 26.4 Å². The van der Waals surface area contributed by atoms with Crippen LogP contribution in [0.1, 0.15) is 23.6 Å². The van der Waals surface area contributed by atoms with E-state index in [0.717, 1.165) is 18.7 Å². The zero-order valence-corrected chi connectivity index (χ0v) is 8.74. The molecule has 0 radical (unpaired) electrons. The van der Waals surface area contributed by atoms with Crippen molar-refractivity contribution in [1.29, 1.82) is 0 Å². The number of hydrogen-bond donors (Lipinski definition) is 2. The van der Waals surface area contributed by atoms with Crippen molar-refractivity contribution in [2.24, 2.45) is 0 Å². The Hall–Kier alpha value is -0.940. The molecule has 1 atom stereocenters. The van der Waals surface area contributed by atoms with Gasteiger partial charge in [-0.15, -0.1) is 0 Å². The Morgan fingerprint density at radius 1 is 1.50 bits per heavy atom. The summed E-state index contributed by atoms with van der Waals surface area (Å²) in [5, 5.41) is 0. The molecule has 76 valence electrons. The van der Waals surface area contributed by atoms with Crippen molar-refractivity contribution in [2.45, 2.75) is 19.3 Å². The first-order valence-electron chi connectivity index (χ1n) is 4.59. The molecule has 1 saturated heterocycles. The third kappa shape index (κ3) is 1.65. The number of H-pyrrole nitrogens is 2. The van der Waals surface area contributed by atoms with Crippen molar-refractivity contribution in [2.75, 3.05) is 13.2 Å². The lowest BCUT2D eigenvalue weighted by molar-refractivity contribution is 0.193. The normalized spacial score (nSPS) is 21.4. The molecule has 1 unspecified atom stereocenters. The zero-order valence-electron chi connectivity index (χ0n) is 7.92. The predicted octanol–water partition coefficient (Wildman–Crippen LogP) is 1.24. The molecule has 5 heteroatoms. The fourth-order valence-corrected chi connectivity index (χ4v) is 1.94. The fourth-order valence-electron chi connectivity index (χ4n) is 1.74. The van der Waals surface area contributed by atoms with E-state index in [1.54, 1.807) is 6.92 Å². The minimum Gasteiger partial charge on any atom is -0.381 e. The van der Waals surface area contributed by atoms with Crippen LogP contribution in [0.3, 0.4) is 0 Å². The average Bonchev–Trinajstić information content (AvgIpc) is 2.63. The number of aromatic nitrogens is 2. The van der Waals surface area contributed by atoms with Gasteiger partial charge in [-0.05, 0) is 25.6 Å². The smallest absolute Gasteiger partial charge is 0.254 e. The van der Waals surface area contributed by atoms with Gasteiger partial charge in [0.1, 0.15) is 0 Å². The molecule has 1 fully saturated rings. The predicted molar refractivity (Wildman–Crippen MR) is 55.2 cm³/mol. The summed E-state index contributed by atoms with van der Waals surface area (Å²) in [5.41, 5.74) is 1.54. The van der Waals surface area contributed by atoms with E-state index in [0.29, 0.717) is 22.9 Å². The lowest BCUT2D eigenvalue weighted by atomic mass is 10.0. The molecule has 1 aliphatic rings. The summed E-state index contributed by atoms with van der Waals surface area (Å²) in [6.45, 7) is 3.24. The molecule has 0 saturated carbocycles. The molecule has 2 rings (SSSR count). The van der Waals surface area contributed by atoms with Crippen molar-refractivity contribution < 1.29 is 4.74 Å². The van der Waals surface area contributed by atoms with E-state index >= 15 is 0 Å². The molecule has 0 aliphatic carbocycles. The van der Waals surface area contributed by atoms with Crippen molar-refractivity contribution in [3.63, 3.8) is 0 Å². The Labute approximate surface area is 86.3 Å². The molecule has 0 aromatic carbocycles. The van der Waals surface area contributed by atoms with Crippen LogP contribution in [0.5, 0.6) is 0 Å². The maximum absolute atomic E-state index is 11.4. The van der Waals surface area contributed by atoms with E-state index in [1.807, 2.05) is 0 Å². The van der Waals surface area contributed by atoms with Crippen LogP contribution in [-0.2, 0) is 4.74 Å². The number of ether oxygens (including phenoxy) is 1. The molecular formula is C9H12N2O2S. The Kier molecular flexibility index (Phi) is 2.52. The number of rotatable bonds is 1. The minimum absolute atomic E-state index is 0.101. The largest absolute Gasteiger partial charge is 0.381 e. The van der Waals surface area contributed by atoms with E-state index < -0.39 is 0 Å². The Bertz CT molecular complexity index is 443. The molecule has 2 N–H and O–H groups in total. The van der Waals surface area contributed by atoms with Gasteiger partial charge in [0.05, 0.1) is 6.61 Å². The summed E-state index contributed by atoms with van der Waals surface area (Å²) in [4.78, 5) is 17.0. The standard InChI is InChI=1S/C9H12N2O2S/c1-5-7(6-2-3-13-4-6)10-9(14)11-8(5)12/h6H,2-4H2,1H3,(H2,10,11,12,14). The molecule has 0 spiro atoms. The van der Waals surface area contributed by atoms with E-state index in [2.05, 4.69) is 9.97 Å². The quantitative estimate of drug-likeness (QED) is 0.689. The van der Waals surface area contributed by atoms with Gasteiger partial charge in [-0.3, -0.25) is 9.78 Å². The lowest BCUT2D eigenvalue weighted by Crippen LogP contribution is -2.17. The second-order valence-corrected chi connectivity index (χ2v) is 3.92. The van der Waals surface area contributed by atoms with Gasteiger partial charge in [0.15, 0.2) is 4.77 Å². The van der Waals surface area contributed by atoms with Gasteiger partial charge in [0, 0.05) is 23.8 Å². The van der Waals surface area contributed by atoms with Gasteiger partial charge in [-0.25, -0.2) is 0 Å². The van der Waals surface area contributed by atoms with Gasteiger partial charge in [-0.1, -0.05) is 0 Å². The van der Waals surface area contributed by atoms with E-state index in [1.165, 1.54) is 0 Å². The topological polar surface area (TPSA) is 57.9 Å². The van der Waals surface area contributed by atoms with E-state index in [9.17, 15) is 4.79 Å². The number of nitrogens with one attached hydrogen (secondary N) is 2. The highest BCUT2D eigenvalue weighted by atomic mass is 32.1. The number of hydrogen-bond acceptors (Lipinski definition) is 3. The van der Waals surface area contributed by atoms with Gasteiger partial charge in [0.2, 0.25) is 0 Å². The van der Waals surface area contributed by atoms with Crippen molar-refractivity contribution in [3.8, 4) is 0 Å². The lowest BCUT2D eigenvalue weighted by Gasteiger charge is -2.10. The van der Waals surface area contributed by atoms with Crippen molar-refractivity contribution in [1.82, 2.24) is 9.97 Å². The summed E-state index contributed by atoms with van der Waals surface area (Å²) in [6.07, 6.45) is 0.954. The summed E-state index contributed by atoms with van der Waals surface area (Å²) >= 11 is 4.93. The second-order valence-electron chi connectivity index (χ2n) is 3.51. The molecule has 4 nitrogen and oxygen atoms in total. The van der Waals surface area contributed by atoms with Crippen LogP contribution in [0.15, 0.2) is 4.79 Å². The maximum Gasteiger partial charge on any atom is 0.254 e. The van der Waals surface area contributed by atoms with Crippen LogP contribution < -0.4 is 5.56 Å². The maximum atomic E-state index is 11.4. The average molecular weight is 212 g/mol. The summed E-state index contributed by atoms with van der Waals surface area (Å²) in [6, 6.07) is 0. The third-order valence-corrected chi connectivity index (χ3v) is 2.76. The van der Waals surface area contributed by atoms with Gasteiger partial charge in [0.25, 0.3) is 5.56 Å². The first-order chi connectivity index (χ1) is 6.68. The third-order valence-electron chi connectivity index (χ3n) is 2.56. The molecule has 14 heavy (non-hydrogen) atoms. The molecule has 1 aromatic heterocycles. The molecule has 1 aliphatic heterocycles. The SMILES string of the molecule is Cc1c(C2CCOC2)[nH]c(=S)[nH]c1=O. The zero-order chi connectivity index (χ0) is 10.1. The number of aromatic amines is 2. The summed E-state index contributed by atoms with van der Waals surface area (Å²) < 4.78 is 5.67. The van der Waals surface area contributed by atoms with Gasteiger partial charge in [-0.2, -0.15) is 0 Å². The molecule has 1 aromatic rings. The van der Waals surface area contributed by atoms with E-state index in [-0.39, 0.29) is 5.56 Å². The minimum atomic E-state index is -0.101. The molecule has 2 heterocycles. The van der Waals surface area contributed by atoms with Gasteiger partial charge < -0.3 is 9.72 Å². The van der Waals surface area contributed by atoms with Crippen LogP contribution in [0.4, 0.5) is 0 Å². The highest BCUT2D eigenvalue weighted by Gasteiger charge is 2.21. The van der Waals surface area contributed by atoms with Gasteiger partial charge >= 0.3 is 0 Å². The van der Waals surface area contributed by atoms with Crippen LogP contribution in [-0.4, -0.2) is 23.2 Å². The van der Waals surface area contributed by atoms with Crippen LogP contribution in [0, 0.1) is 11.7 Å². The first-order valence-corrected chi connectivity index (χ1v) is 5.00. The Morgan fingerprint density at radius 2 is 2.29 bits per heavy atom. The second kappa shape index (κ2) is 3.67. The van der Waals surface area contributed by atoms with E-state index in [4.69, 9.17) is 17.0 Å². The highest BCUT2D eigenvalue weighted by molar-refractivity contribution is 7.71. The molecule has 0 bridgehead atoms. The van der Waals surface area contributed by atoms with Crippen LogP contribution in [0.25, 0.3) is 0 Å². The molecular weight excluding hydrogens is 200 g/mol. The monoisotopic (exact) mass is 212 g/mol. The van der Waals surface area contributed by atoms with Crippen LogP contribution in [0.2, 0.25) is 0 Å². The molecule has 0 amide bonds. The fraction of sp³-hybridized carbons (Fsp3) is 0.556. The Morgan fingerprint density at radius 3 is 2.93 bits per heavy atom.